The van der Waals surface area contributed by atoms with Gasteiger partial charge in [0.1, 0.15) is 5.69 Å². The van der Waals surface area contributed by atoms with Crippen molar-refractivity contribution in [2.24, 2.45) is 7.05 Å². The Hall–Kier alpha value is -1.83. The molecule has 0 bridgehead atoms. The monoisotopic (exact) mass is 206 g/mol. The lowest BCUT2D eigenvalue weighted by Crippen LogP contribution is -2.24. The molecule has 0 aliphatic carbocycles. The minimum absolute atomic E-state index is 0.160. The number of imidazole rings is 1. The molecule has 0 atom stereocenters. The summed E-state index contributed by atoms with van der Waals surface area (Å²) in [6.07, 6.45) is 5.44. The molecule has 0 aliphatic heterocycles. The lowest BCUT2D eigenvalue weighted by atomic mass is 10.2. The van der Waals surface area contributed by atoms with Gasteiger partial charge < -0.3 is 9.88 Å². The fourth-order valence-electron chi connectivity index (χ4n) is 1.15. The summed E-state index contributed by atoms with van der Waals surface area (Å²) in [6, 6.07) is 2.06. The van der Waals surface area contributed by atoms with Gasteiger partial charge in [-0.2, -0.15) is 5.26 Å². The first-order valence-corrected chi connectivity index (χ1v) is 4.87. The number of nitrogens with one attached hydrogen (secondary N) is 1. The summed E-state index contributed by atoms with van der Waals surface area (Å²) in [7, 11) is 1.82. The molecule has 1 aromatic rings. The number of hydrogen-bond donors (Lipinski definition) is 1. The van der Waals surface area contributed by atoms with Crippen molar-refractivity contribution in [1.82, 2.24) is 14.9 Å². The number of amides is 1. The summed E-state index contributed by atoms with van der Waals surface area (Å²) in [6.45, 7) is 0.594. The standard InChI is InChI=1S/C10H14N4O/c1-14-7-9(13-8-14)10(15)12-6-4-2-3-5-11/h7-8H,2-4,6H2,1H3,(H,12,15). The van der Waals surface area contributed by atoms with Crippen LogP contribution in [-0.4, -0.2) is 22.0 Å². The number of hydrogen-bond acceptors (Lipinski definition) is 3. The molecule has 1 aromatic heterocycles. The summed E-state index contributed by atoms with van der Waals surface area (Å²) in [5.74, 6) is -0.160. The number of carbonyl (C=O) groups excluding carboxylic acids is 1. The van der Waals surface area contributed by atoms with Gasteiger partial charge in [0, 0.05) is 26.2 Å². The Morgan fingerprint density at radius 3 is 3.07 bits per heavy atom. The third-order valence-electron chi connectivity index (χ3n) is 1.94. The zero-order valence-corrected chi connectivity index (χ0v) is 8.73. The van der Waals surface area contributed by atoms with Crippen LogP contribution >= 0.6 is 0 Å². The van der Waals surface area contributed by atoms with Crippen LogP contribution in [0.5, 0.6) is 0 Å². The van der Waals surface area contributed by atoms with E-state index in [1.165, 1.54) is 0 Å². The van der Waals surface area contributed by atoms with Gasteiger partial charge in [-0.3, -0.25) is 4.79 Å². The van der Waals surface area contributed by atoms with E-state index in [1.54, 1.807) is 17.1 Å². The number of rotatable bonds is 5. The van der Waals surface area contributed by atoms with Crippen LogP contribution < -0.4 is 5.32 Å². The molecule has 0 aliphatic rings. The number of unbranched alkanes of at least 4 members (excludes halogenated alkanes) is 2. The number of carbonyl (C=O) groups is 1. The normalized spacial score (nSPS) is 9.60. The lowest BCUT2D eigenvalue weighted by molar-refractivity contribution is 0.0948. The van der Waals surface area contributed by atoms with E-state index in [0.29, 0.717) is 18.7 Å². The topological polar surface area (TPSA) is 70.7 Å². The molecule has 0 saturated heterocycles. The molecular weight excluding hydrogens is 192 g/mol. The molecule has 1 amide bonds. The van der Waals surface area contributed by atoms with Gasteiger partial charge in [-0.25, -0.2) is 4.98 Å². The van der Waals surface area contributed by atoms with Crippen molar-refractivity contribution >= 4 is 5.91 Å². The molecule has 1 heterocycles. The Balaban J connectivity index is 2.23. The summed E-state index contributed by atoms with van der Waals surface area (Å²) >= 11 is 0. The van der Waals surface area contributed by atoms with Crippen molar-refractivity contribution in [2.75, 3.05) is 6.54 Å². The Kier molecular flexibility index (Phi) is 4.35. The number of aromatic nitrogens is 2. The second kappa shape index (κ2) is 5.81. The number of nitrogens with zero attached hydrogens (tertiary/aromatic N) is 3. The van der Waals surface area contributed by atoms with E-state index >= 15 is 0 Å². The average molecular weight is 206 g/mol. The highest BCUT2D eigenvalue weighted by atomic mass is 16.1. The SMILES string of the molecule is Cn1cnc(C(=O)NCCCCC#N)c1. The minimum Gasteiger partial charge on any atom is -0.351 e. The molecule has 5 nitrogen and oxygen atoms in total. The van der Waals surface area contributed by atoms with Crippen molar-refractivity contribution < 1.29 is 4.79 Å². The summed E-state index contributed by atoms with van der Waals surface area (Å²) in [5, 5.41) is 11.1. The van der Waals surface area contributed by atoms with Crippen molar-refractivity contribution in [3.8, 4) is 6.07 Å². The second-order valence-electron chi connectivity index (χ2n) is 3.30. The highest BCUT2D eigenvalue weighted by molar-refractivity contribution is 5.91. The third-order valence-corrected chi connectivity index (χ3v) is 1.94. The van der Waals surface area contributed by atoms with E-state index in [1.807, 2.05) is 7.05 Å². The average Bonchev–Trinajstić information content (AvgIpc) is 2.64. The van der Waals surface area contributed by atoms with Crippen LogP contribution in [0.2, 0.25) is 0 Å². The number of nitriles is 1. The molecule has 0 fully saturated rings. The molecule has 0 radical (unpaired) electrons. The Bertz CT molecular complexity index is 364. The lowest BCUT2D eigenvalue weighted by Gasteiger charge is -2.00. The van der Waals surface area contributed by atoms with Gasteiger partial charge in [-0.05, 0) is 12.8 Å². The zero-order chi connectivity index (χ0) is 11.1. The molecule has 0 spiro atoms. The second-order valence-corrected chi connectivity index (χ2v) is 3.30. The Labute approximate surface area is 88.7 Å². The van der Waals surface area contributed by atoms with Crippen molar-refractivity contribution in [2.45, 2.75) is 19.3 Å². The highest BCUT2D eigenvalue weighted by Gasteiger charge is 2.06. The zero-order valence-electron chi connectivity index (χ0n) is 8.73. The van der Waals surface area contributed by atoms with Gasteiger partial charge in [-0.15, -0.1) is 0 Å². The van der Waals surface area contributed by atoms with Crippen LogP contribution in [0.3, 0.4) is 0 Å². The number of aryl methyl sites for hydroxylation is 1. The molecular formula is C10H14N4O. The maximum Gasteiger partial charge on any atom is 0.271 e. The molecule has 1 rings (SSSR count). The largest absolute Gasteiger partial charge is 0.351 e. The van der Waals surface area contributed by atoms with Gasteiger partial charge >= 0.3 is 0 Å². The molecule has 0 unspecified atom stereocenters. The highest BCUT2D eigenvalue weighted by Crippen LogP contribution is 1.95. The molecule has 0 saturated carbocycles. The molecule has 1 N–H and O–H groups in total. The van der Waals surface area contributed by atoms with Crippen molar-refractivity contribution in [3.05, 3.63) is 18.2 Å². The third kappa shape index (κ3) is 3.81. The maximum absolute atomic E-state index is 11.4. The Morgan fingerprint density at radius 2 is 2.47 bits per heavy atom. The van der Waals surface area contributed by atoms with Gasteiger partial charge in [-0.1, -0.05) is 0 Å². The predicted molar refractivity (Wildman–Crippen MR) is 55.0 cm³/mol. The first-order valence-electron chi connectivity index (χ1n) is 4.87. The maximum atomic E-state index is 11.4. The fourth-order valence-corrected chi connectivity index (χ4v) is 1.15. The van der Waals surface area contributed by atoms with Crippen LogP contribution in [0.4, 0.5) is 0 Å². The van der Waals surface area contributed by atoms with Gasteiger partial charge in [0.15, 0.2) is 0 Å². The van der Waals surface area contributed by atoms with Crippen LogP contribution in [0.1, 0.15) is 29.8 Å². The van der Waals surface area contributed by atoms with Gasteiger partial charge in [0.05, 0.1) is 12.4 Å². The van der Waals surface area contributed by atoms with Crippen LogP contribution in [-0.2, 0) is 7.05 Å². The minimum atomic E-state index is -0.160. The first-order chi connectivity index (χ1) is 7.24. The molecule has 5 heteroatoms. The van der Waals surface area contributed by atoms with Crippen molar-refractivity contribution in [3.63, 3.8) is 0 Å². The predicted octanol–water partition coefficient (Wildman–Crippen LogP) is 0.844. The molecule has 80 valence electrons. The molecule has 15 heavy (non-hydrogen) atoms. The van der Waals surface area contributed by atoms with Crippen LogP contribution in [0.25, 0.3) is 0 Å². The van der Waals surface area contributed by atoms with E-state index in [2.05, 4.69) is 16.4 Å². The smallest absolute Gasteiger partial charge is 0.271 e. The summed E-state index contributed by atoms with van der Waals surface area (Å²) < 4.78 is 1.73. The van der Waals surface area contributed by atoms with Crippen molar-refractivity contribution in [1.29, 1.82) is 5.26 Å². The van der Waals surface area contributed by atoms with Crippen LogP contribution in [0, 0.1) is 11.3 Å². The van der Waals surface area contributed by atoms with E-state index in [0.717, 1.165) is 12.8 Å². The Morgan fingerprint density at radius 1 is 1.67 bits per heavy atom. The molecule has 0 aromatic carbocycles. The first kappa shape index (κ1) is 11.2. The quantitative estimate of drug-likeness (QED) is 0.726. The van der Waals surface area contributed by atoms with Crippen LogP contribution in [0.15, 0.2) is 12.5 Å². The summed E-state index contributed by atoms with van der Waals surface area (Å²) in [5.41, 5.74) is 0.429. The van der Waals surface area contributed by atoms with E-state index < -0.39 is 0 Å². The van der Waals surface area contributed by atoms with Gasteiger partial charge in [0.25, 0.3) is 5.91 Å². The summed E-state index contributed by atoms with van der Waals surface area (Å²) in [4.78, 5) is 15.4. The van der Waals surface area contributed by atoms with Gasteiger partial charge in [0.2, 0.25) is 0 Å². The fraction of sp³-hybridized carbons (Fsp3) is 0.500. The van der Waals surface area contributed by atoms with E-state index in [-0.39, 0.29) is 5.91 Å². The van der Waals surface area contributed by atoms with E-state index in [9.17, 15) is 4.79 Å². The van der Waals surface area contributed by atoms with E-state index in [4.69, 9.17) is 5.26 Å².